The Kier molecular flexibility index (Phi) is 4.14. The first kappa shape index (κ1) is 13.5. The third-order valence-corrected chi connectivity index (χ3v) is 2.06. The van der Waals surface area contributed by atoms with Gasteiger partial charge in [-0.1, -0.05) is 13.8 Å². The molecule has 0 radical (unpaired) electrons. The van der Waals surface area contributed by atoms with Crippen LogP contribution in [0.1, 0.15) is 25.6 Å². The van der Waals surface area contributed by atoms with Crippen molar-refractivity contribution < 1.29 is 18.0 Å². The second-order valence-electron chi connectivity index (χ2n) is 3.96. The molecular formula is C10H14F3N3O. The van der Waals surface area contributed by atoms with Crippen molar-refractivity contribution >= 4 is 5.91 Å². The van der Waals surface area contributed by atoms with Crippen molar-refractivity contribution in [1.82, 2.24) is 14.9 Å². The van der Waals surface area contributed by atoms with Crippen LogP contribution < -0.4 is 5.32 Å². The monoisotopic (exact) mass is 249 g/mol. The first-order valence-corrected chi connectivity index (χ1v) is 5.14. The molecule has 0 fully saturated rings. The summed E-state index contributed by atoms with van der Waals surface area (Å²) in [4.78, 5) is 15.3. The van der Waals surface area contributed by atoms with Crippen molar-refractivity contribution in [2.45, 2.75) is 32.5 Å². The maximum atomic E-state index is 11.9. The molecule has 1 rings (SSSR count). The van der Waals surface area contributed by atoms with Crippen LogP contribution in [0.2, 0.25) is 0 Å². The zero-order valence-corrected chi connectivity index (χ0v) is 9.58. The topological polar surface area (TPSA) is 46.9 Å². The predicted molar refractivity (Wildman–Crippen MR) is 55.4 cm³/mol. The van der Waals surface area contributed by atoms with Crippen LogP contribution in [0, 0.1) is 0 Å². The number of nitrogens with one attached hydrogen (secondary N) is 1. The number of amides is 1. The molecule has 1 amide bonds. The van der Waals surface area contributed by atoms with Crippen molar-refractivity contribution in [3.05, 3.63) is 18.2 Å². The lowest BCUT2D eigenvalue weighted by atomic mass is 10.2. The van der Waals surface area contributed by atoms with Crippen LogP contribution in [-0.4, -0.2) is 28.2 Å². The van der Waals surface area contributed by atoms with Crippen molar-refractivity contribution in [2.24, 2.45) is 0 Å². The van der Waals surface area contributed by atoms with Crippen LogP contribution in [0.3, 0.4) is 0 Å². The summed E-state index contributed by atoms with van der Waals surface area (Å²) < 4.78 is 37.1. The van der Waals surface area contributed by atoms with Gasteiger partial charge in [0.25, 0.3) is 0 Å². The molecule has 0 aliphatic carbocycles. The predicted octanol–water partition coefficient (Wildman–Crippen LogP) is 1.68. The van der Waals surface area contributed by atoms with E-state index in [9.17, 15) is 18.0 Å². The highest BCUT2D eigenvalue weighted by atomic mass is 19.4. The first-order chi connectivity index (χ1) is 7.79. The maximum absolute atomic E-state index is 11.9. The van der Waals surface area contributed by atoms with E-state index < -0.39 is 18.6 Å². The molecule has 1 N–H and O–H groups in total. The average Bonchev–Trinajstić information content (AvgIpc) is 2.62. The molecule has 96 valence electrons. The Labute approximate surface area is 96.8 Å². The van der Waals surface area contributed by atoms with E-state index in [1.807, 2.05) is 19.2 Å². The number of carbonyl (C=O) groups is 1. The van der Waals surface area contributed by atoms with Gasteiger partial charge in [-0.15, -0.1) is 0 Å². The lowest BCUT2D eigenvalue weighted by Gasteiger charge is -2.11. The van der Waals surface area contributed by atoms with Gasteiger partial charge in [0.2, 0.25) is 5.91 Å². The minimum Gasteiger partial charge on any atom is -0.345 e. The Balaban J connectivity index is 2.54. The van der Waals surface area contributed by atoms with Crippen LogP contribution in [0.5, 0.6) is 0 Å². The summed E-state index contributed by atoms with van der Waals surface area (Å²) in [6, 6.07) is 0. The Morgan fingerprint density at radius 2 is 2.18 bits per heavy atom. The number of nitrogens with zero attached hydrogens (tertiary/aromatic N) is 2. The first-order valence-electron chi connectivity index (χ1n) is 5.14. The van der Waals surface area contributed by atoms with Gasteiger partial charge in [-0.2, -0.15) is 13.2 Å². The van der Waals surface area contributed by atoms with E-state index >= 15 is 0 Å². The Morgan fingerprint density at radius 1 is 1.53 bits per heavy atom. The Hall–Kier alpha value is -1.53. The number of alkyl halides is 3. The number of carbonyl (C=O) groups excluding carboxylic acids is 1. The van der Waals surface area contributed by atoms with Gasteiger partial charge in [-0.05, 0) is 0 Å². The average molecular weight is 249 g/mol. The lowest BCUT2D eigenvalue weighted by Crippen LogP contribution is -2.36. The standard InChI is InChI=1S/C10H14F3N3O/c1-7(2)9-14-3-4-16(9)5-8(17)15-6-10(11,12)13/h3-4,7H,5-6H2,1-2H3,(H,15,17). The number of halogens is 3. The van der Waals surface area contributed by atoms with Gasteiger partial charge in [-0.25, -0.2) is 4.98 Å². The third kappa shape index (κ3) is 4.46. The summed E-state index contributed by atoms with van der Waals surface area (Å²) in [7, 11) is 0. The lowest BCUT2D eigenvalue weighted by molar-refractivity contribution is -0.138. The molecule has 1 heterocycles. The number of rotatable bonds is 4. The summed E-state index contributed by atoms with van der Waals surface area (Å²) in [6.07, 6.45) is -1.29. The van der Waals surface area contributed by atoms with E-state index in [1.54, 1.807) is 6.20 Å². The fourth-order valence-corrected chi connectivity index (χ4v) is 1.36. The van der Waals surface area contributed by atoms with Crippen LogP contribution in [0.4, 0.5) is 13.2 Å². The van der Waals surface area contributed by atoms with Gasteiger partial charge in [0, 0.05) is 18.3 Å². The van der Waals surface area contributed by atoms with Gasteiger partial charge in [-0.3, -0.25) is 4.79 Å². The van der Waals surface area contributed by atoms with Gasteiger partial charge in [0.05, 0.1) is 0 Å². The molecule has 0 atom stereocenters. The molecule has 1 aromatic rings. The van der Waals surface area contributed by atoms with E-state index in [4.69, 9.17) is 0 Å². The number of imidazole rings is 1. The van der Waals surface area contributed by atoms with E-state index in [-0.39, 0.29) is 12.5 Å². The molecule has 17 heavy (non-hydrogen) atoms. The minimum absolute atomic E-state index is 0.111. The Bertz CT molecular complexity index is 384. The quantitative estimate of drug-likeness (QED) is 0.882. The highest BCUT2D eigenvalue weighted by molar-refractivity contribution is 5.75. The van der Waals surface area contributed by atoms with Gasteiger partial charge in [0.1, 0.15) is 18.9 Å². The molecule has 0 saturated heterocycles. The third-order valence-electron chi connectivity index (χ3n) is 2.06. The van der Waals surface area contributed by atoms with Crippen molar-refractivity contribution in [3.8, 4) is 0 Å². The zero-order chi connectivity index (χ0) is 13.1. The van der Waals surface area contributed by atoms with E-state index in [1.165, 1.54) is 10.8 Å². The van der Waals surface area contributed by atoms with E-state index in [2.05, 4.69) is 4.98 Å². The summed E-state index contributed by atoms with van der Waals surface area (Å²) in [6.45, 7) is 2.33. The van der Waals surface area contributed by atoms with Crippen molar-refractivity contribution in [3.63, 3.8) is 0 Å². The highest BCUT2D eigenvalue weighted by Crippen LogP contribution is 2.13. The van der Waals surface area contributed by atoms with Crippen molar-refractivity contribution in [2.75, 3.05) is 6.54 Å². The normalized spacial score (nSPS) is 11.9. The fraction of sp³-hybridized carbons (Fsp3) is 0.600. The smallest absolute Gasteiger partial charge is 0.345 e. The molecular weight excluding hydrogens is 235 g/mol. The molecule has 4 nitrogen and oxygen atoms in total. The molecule has 0 aromatic carbocycles. The minimum atomic E-state index is -4.38. The summed E-state index contributed by atoms with van der Waals surface area (Å²) in [5, 5.41) is 1.81. The molecule has 0 aliphatic rings. The molecule has 0 spiro atoms. The maximum Gasteiger partial charge on any atom is 0.405 e. The number of aromatic nitrogens is 2. The van der Waals surface area contributed by atoms with Crippen LogP contribution in [-0.2, 0) is 11.3 Å². The summed E-state index contributed by atoms with van der Waals surface area (Å²) >= 11 is 0. The van der Waals surface area contributed by atoms with Gasteiger partial charge >= 0.3 is 6.18 Å². The largest absolute Gasteiger partial charge is 0.405 e. The van der Waals surface area contributed by atoms with Crippen LogP contribution in [0.25, 0.3) is 0 Å². The fourth-order valence-electron chi connectivity index (χ4n) is 1.36. The van der Waals surface area contributed by atoms with Crippen molar-refractivity contribution in [1.29, 1.82) is 0 Å². The van der Waals surface area contributed by atoms with Crippen LogP contribution >= 0.6 is 0 Å². The molecule has 0 bridgehead atoms. The second kappa shape index (κ2) is 5.20. The van der Waals surface area contributed by atoms with Gasteiger partial charge < -0.3 is 9.88 Å². The van der Waals surface area contributed by atoms with E-state index in [0.29, 0.717) is 5.82 Å². The SMILES string of the molecule is CC(C)c1nccn1CC(=O)NCC(F)(F)F. The highest BCUT2D eigenvalue weighted by Gasteiger charge is 2.27. The molecule has 7 heteroatoms. The second-order valence-corrected chi connectivity index (χ2v) is 3.96. The molecule has 1 aromatic heterocycles. The summed E-state index contributed by atoms with van der Waals surface area (Å²) in [5.74, 6) is 0.106. The van der Waals surface area contributed by atoms with Crippen LogP contribution in [0.15, 0.2) is 12.4 Å². The molecule has 0 saturated carbocycles. The molecule has 0 aliphatic heterocycles. The molecule has 0 unspecified atom stereocenters. The summed E-state index contributed by atoms with van der Waals surface area (Å²) in [5.41, 5.74) is 0. The zero-order valence-electron chi connectivity index (χ0n) is 9.58. The Morgan fingerprint density at radius 3 is 2.71 bits per heavy atom. The van der Waals surface area contributed by atoms with Gasteiger partial charge in [0.15, 0.2) is 0 Å². The van der Waals surface area contributed by atoms with E-state index in [0.717, 1.165) is 0 Å². The number of hydrogen-bond donors (Lipinski definition) is 1. The number of hydrogen-bond acceptors (Lipinski definition) is 2.